The van der Waals surface area contributed by atoms with Crippen molar-refractivity contribution in [1.82, 2.24) is 10.2 Å². The molecule has 0 aromatic heterocycles. The molecular weight excluding hydrogens is 399 g/mol. The zero-order valence-corrected chi connectivity index (χ0v) is 17.5. The Balaban J connectivity index is 2.19. The topological polar surface area (TPSA) is 58.6 Å². The van der Waals surface area contributed by atoms with Gasteiger partial charge in [-0.1, -0.05) is 54.4 Å². The van der Waals surface area contributed by atoms with Crippen LogP contribution in [0.3, 0.4) is 0 Å². The Morgan fingerprint density at radius 1 is 1.07 bits per heavy atom. The molecule has 0 saturated heterocycles. The van der Waals surface area contributed by atoms with Crippen LogP contribution in [-0.2, 0) is 16.1 Å². The van der Waals surface area contributed by atoms with E-state index in [1.807, 2.05) is 25.1 Å². The van der Waals surface area contributed by atoms with Crippen molar-refractivity contribution in [2.75, 3.05) is 13.2 Å². The molecule has 0 aliphatic carbocycles. The number of ether oxygens (including phenoxy) is 1. The van der Waals surface area contributed by atoms with Crippen LogP contribution in [0.4, 0.5) is 0 Å². The Kier molecular flexibility index (Phi) is 8.61. The van der Waals surface area contributed by atoms with Crippen LogP contribution in [0.2, 0.25) is 10.0 Å². The maximum absolute atomic E-state index is 12.9. The quantitative estimate of drug-likeness (QED) is 0.654. The van der Waals surface area contributed by atoms with Crippen LogP contribution in [0.25, 0.3) is 0 Å². The predicted octanol–water partition coefficient (Wildman–Crippen LogP) is 4.32. The van der Waals surface area contributed by atoms with Crippen LogP contribution in [0.15, 0.2) is 48.5 Å². The predicted molar refractivity (Wildman–Crippen MR) is 112 cm³/mol. The highest BCUT2D eigenvalue weighted by Crippen LogP contribution is 2.26. The van der Waals surface area contributed by atoms with E-state index in [4.69, 9.17) is 27.9 Å². The molecule has 2 rings (SSSR count). The summed E-state index contributed by atoms with van der Waals surface area (Å²) in [5.41, 5.74) is 0.592. The van der Waals surface area contributed by atoms with Gasteiger partial charge in [-0.3, -0.25) is 9.59 Å². The molecule has 2 aromatic rings. The summed E-state index contributed by atoms with van der Waals surface area (Å²) in [5, 5.41) is 3.70. The molecule has 0 heterocycles. The van der Waals surface area contributed by atoms with E-state index in [2.05, 4.69) is 5.32 Å². The van der Waals surface area contributed by atoms with Crippen molar-refractivity contribution in [3.05, 3.63) is 64.1 Å². The molecule has 1 N–H and O–H groups in total. The zero-order chi connectivity index (χ0) is 20.5. The number of nitrogens with one attached hydrogen (secondary N) is 1. The molecule has 0 spiro atoms. The van der Waals surface area contributed by atoms with Crippen molar-refractivity contribution >= 4 is 35.0 Å². The fraction of sp³-hybridized carbons (Fsp3) is 0.333. The third-order valence-electron chi connectivity index (χ3n) is 4.21. The van der Waals surface area contributed by atoms with Crippen molar-refractivity contribution in [3.63, 3.8) is 0 Å². The third kappa shape index (κ3) is 6.14. The Labute approximate surface area is 175 Å². The first kappa shape index (κ1) is 22.1. The number of halogens is 2. The summed E-state index contributed by atoms with van der Waals surface area (Å²) in [6.07, 6.45) is 0.805. The fourth-order valence-electron chi connectivity index (χ4n) is 2.58. The van der Waals surface area contributed by atoms with Gasteiger partial charge in [0, 0.05) is 28.7 Å². The normalized spacial score (nSPS) is 11.6. The van der Waals surface area contributed by atoms with Gasteiger partial charge in [0.1, 0.15) is 11.8 Å². The van der Waals surface area contributed by atoms with Gasteiger partial charge in [0.25, 0.3) is 5.91 Å². The van der Waals surface area contributed by atoms with Crippen molar-refractivity contribution in [2.45, 2.75) is 32.9 Å². The van der Waals surface area contributed by atoms with Gasteiger partial charge in [-0.2, -0.15) is 0 Å². The van der Waals surface area contributed by atoms with Gasteiger partial charge < -0.3 is 15.0 Å². The third-order valence-corrected chi connectivity index (χ3v) is 4.92. The number of carbonyl (C=O) groups excluding carboxylic acids is 2. The lowest BCUT2D eigenvalue weighted by molar-refractivity contribution is -0.142. The minimum atomic E-state index is -0.703. The van der Waals surface area contributed by atoms with Gasteiger partial charge in [-0.25, -0.2) is 0 Å². The molecule has 150 valence electrons. The van der Waals surface area contributed by atoms with Gasteiger partial charge in [0.2, 0.25) is 5.91 Å². The van der Waals surface area contributed by atoms with E-state index in [0.717, 1.165) is 6.42 Å². The van der Waals surface area contributed by atoms with Crippen LogP contribution in [0.1, 0.15) is 25.8 Å². The Morgan fingerprint density at radius 2 is 1.71 bits per heavy atom. The highest BCUT2D eigenvalue weighted by atomic mass is 35.5. The highest BCUT2D eigenvalue weighted by Gasteiger charge is 2.27. The Morgan fingerprint density at radius 3 is 2.32 bits per heavy atom. The van der Waals surface area contributed by atoms with E-state index in [1.54, 1.807) is 37.3 Å². The van der Waals surface area contributed by atoms with E-state index < -0.39 is 6.04 Å². The molecule has 0 radical (unpaired) electrons. The minimum Gasteiger partial charge on any atom is -0.484 e. The van der Waals surface area contributed by atoms with Crippen molar-refractivity contribution in [3.8, 4) is 5.75 Å². The maximum atomic E-state index is 12.9. The van der Waals surface area contributed by atoms with Crippen LogP contribution in [0, 0.1) is 0 Å². The van der Waals surface area contributed by atoms with Gasteiger partial charge in [-0.15, -0.1) is 0 Å². The summed E-state index contributed by atoms with van der Waals surface area (Å²) in [4.78, 5) is 26.8. The lowest BCUT2D eigenvalue weighted by atomic mass is 10.1. The van der Waals surface area contributed by atoms with Gasteiger partial charge in [-0.05, 0) is 37.6 Å². The molecule has 0 saturated carbocycles. The van der Waals surface area contributed by atoms with Crippen LogP contribution in [0.5, 0.6) is 5.75 Å². The molecule has 2 amide bonds. The van der Waals surface area contributed by atoms with Crippen LogP contribution >= 0.6 is 23.2 Å². The molecule has 28 heavy (non-hydrogen) atoms. The van der Waals surface area contributed by atoms with E-state index in [9.17, 15) is 9.59 Å². The molecule has 1 unspecified atom stereocenters. The first-order valence-corrected chi connectivity index (χ1v) is 9.87. The Bertz CT molecular complexity index is 779. The minimum absolute atomic E-state index is 0.107. The second-order valence-corrected chi connectivity index (χ2v) is 7.10. The van der Waals surface area contributed by atoms with E-state index in [1.165, 1.54) is 4.90 Å². The molecule has 0 aliphatic rings. The number of hydrogen-bond acceptors (Lipinski definition) is 3. The van der Waals surface area contributed by atoms with E-state index in [0.29, 0.717) is 27.9 Å². The molecule has 7 heteroatoms. The largest absolute Gasteiger partial charge is 0.484 e. The number of para-hydroxylation sites is 1. The highest BCUT2D eigenvalue weighted by molar-refractivity contribution is 6.36. The lowest BCUT2D eigenvalue weighted by Gasteiger charge is -2.29. The number of rotatable bonds is 9. The summed E-state index contributed by atoms with van der Waals surface area (Å²) >= 11 is 12.5. The lowest BCUT2D eigenvalue weighted by Crippen LogP contribution is -2.49. The Hall–Kier alpha value is -2.24. The standard InChI is InChI=1S/C21H24Cl2N2O3/c1-3-12-24-21(27)15(2)25(13-17-18(22)10-7-11-19(17)23)20(26)14-28-16-8-5-4-6-9-16/h4-11,15H,3,12-14H2,1-2H3,(H,24,27). The first-order chi connectivity index (χ1) is 13.4. The number of amides is 2. The number of carbonyl (C=O) groups is 2. The van der Waals surface area contributed by atoms with Crippen LogP contribution < -0.4 is 10.1 Å². The summed E-state index contributed by atoms with van der Waals surface area (Å²) in [5.74, 6) is 0.00624. The summed E-state index contributed by atoms with van der Waals surface area (Å²) < 4.78 is 5.57. The van der Waals surface area contributed by atoms with Gasteiger partial charge in [0.05, 0.1) is 0 Å². The van der Waals surface area contributed by atoms with E-state index >= 15 is 0 Å². The van der Waals surface area contributed by atoms with Gasteiger partial charge >= 0.3 is 0 Å². The smallest absolute Gasteiger partial charge is 0.261 e. The number of nitrogens with zero attached hydrogens (tertiary/aromatic N) is 1. The molecule has 0 fully saturated rings. The van der Waals surface area contributed by atoms with Crippen LogP contribution in [-0.4, -0.2) is 35.9 Å². The second kappa shape index (κ2) is 10.9. The monoisotopic (exact) mass is 422 g/mol. The molecule has 0 aliphatic heterocycles. The fourth-order valence-corrected chi connectivity index (χ4v) is 3.09. The van der Waals surface area contributed by atoms with Gasteiger partial charge in [0.15, 0.2) is 6.61 Å². The molecular formula is C21H24Cl2N2O3. The maximum Gasteiger partial charge on any atom is 0.261 e. The zero-order valence-electron chi connectivity index (χ0n) is 16.0. The van der Waals surface area contributed by atoms with Crippen molar-refractivity contribution in [1.29, 1.82) is 0 Å². The van der Waals surface area contributed by atoms with E-state index in [-0.39, 0.29) is 25.0 Å². The molecule has 0 bridgehead atoms. The average Bonchev–Trinajstić information content (AvgIpc) is 2.70. The number of hydrogen-bond donors (Lipinski definition) is 1. The average molecular weight is 423 g/mol. The summed E-state index contributed by atoms with van der Waals surface area (Å²) in [6, 6.07) is 13.5. The van der Waals surface area contributed by atoms with Crippen molar-refractivity contribution < 1.29 is 14.3 Å². The molecule has 2 aromatic carbocycles. The molecule has 1 atom stereocenters. The number of benzene rings is 2. The molecule has 5 nitrogen and oxygen atoms in total. The SMILES string of the molecule is CCCNC(=O)C(C)N(Cc1c(Cl)cccc1Cl)C(=O)COc1ccccc1. The second-order valence-electron chi connectivity index (χ2n) is 6.29. The first-order valence-electron chi connectivity index (χ1n) is 9.12. The summed E-state index contributed by atoms with van der Waals surface area (Å²) in [6.45, 7) is 4.09. The summed E-state index contributed by atoms with van der Waals surface area (Å²) in [7, 11) is 0. The van der Waals surface area contributed by atoms with Crippen molar-refractivity contribution in [2.24, 2.45) is 0 Å².